The summed E-state index contributed by atoms with van der Waals surface area (Å²) in [4.78, 5) is 44.6. The van der Waals surface area contributed by atoms with Crippen molar-refractivity contribution in [2.75, 3.05) is 10.2 Å². The number of amides is 4. The maximum atomic E-state index is 13.3. The predicted molar refractivity (Wildman–Crippen MR) is 148 cm³/mol. The van der Waals surface area contributed by atoms with Crippen LogP contribution in [0, 0.1) is 0 Å². The van der Waals surface area contributed by atoms with E-state index < -0.39 is 6.09 Å². The van der Waals surface area contributed by atoms with Crippen molar-refractivity contribution in [1.82, 2.24) is 15.6 Å². The molecule has 0 unspecified atom stereocenters. The van der Waals surface area contributed by atoms with Gasteiger partial charge >= 0.3 is 12.1 Å². The smallest absolute Gasteiger partial charge is 0.404 e. The van der Waals surface area contributed by atoms with E-state index in [2.05, 4.69) is 20.9 Å². The molecule has 2 aromatic heterocycles. The van der Waals surface area contributed by atoms with Gasteiger partial charge in [0.25, 0.3) is 5.91 Å². The number of urea groups is 1. The maximum Gasteiger partial charge on any atom is 0.404 e. The van der Waals surface area contributed by atoms with Gasteiger partial charge in [0.1, 0.15) is 21.2 Å². The number of rotatable bonds is 6. The Bertz CT molecular complexity index is 1550. The maximum absolute atomic E-state index is 13.3. The molecule has 0 saturated heterocycles. The van der Waals surface area contributed by atoms with Gasteiger partial charge in [0.2, 0.25) is 0 Å². The third kappa shape index (κ3) is 4.96. The highest BCUT2D eigenvalue weighted by Gasteiger charge is 2.33. The number of nitrogens with one attached hydrogen (secondary N) is 3. The molecule has 1 saturated carbocycles. The highest BCUT2D eigenvalue weighted by atomic mass is 32.1. The summed E-state index contributed by atoms with van der Waals surface area (Å²) in [5.41, 5.74) is 1.75. The summed E-state index contributed by atoms with van der Waals surface area (Å²) in [6.07, 6.45) is 3.26. The first-order valence-corrected chi connectivity index (χ1v) is 13.4. The number of anilines is 3. The van der Waals surface area contributed by atoms with Crippen LogP contribution in [0.3, 0.4) is 0 Å². The number of carbonyl (C=O) groups is 3. The van der Waals surface area contributed by atoms with Crippen LogP contribution in [0.25, 0.3) is 10.2 Å². The Morgan fingerprint density at radius 1 is 0.949 bits per heavy atom. The summed E-state index contributed by atoms with van der Waals surface area (Å²) in [7, 11) is 0. The van der Waals surface area contributed by atoms with Crippen LogP contribution in [0.2, 0.25) is 0 Å². The molecule has 0 spiro atoms. The molecule has 0 atom stereocenters. The van der Waals surface area contributed by atoms with Crippen molar-refractivity contribution < 1.29 is 24.2 Å². The second-order valence-electron chi connectivity index (χ2n) is 9.46. The Morgan fingerprint density at radius 3 is 2.31 bits per heavy atom. The van der Waals surface area contributed by atoms with Crippen molar-refractivity contribution in [2.24, 2.45) is 0 Å². The van der Waals surface area contributed by atoms with E-state index in [9.17, 15) is 14.4 Å². The molecule has 39 heavy (non-hydrogen) atoms. The number of para-hydroxylation sites is 1. The number of aromatic nitrogens is 1. The number of thiophene rings is 1. The lowest BCUT2D eigenvalue weighted by Crippen LogP contribution is -2.43. The predicted octanol–water partition coefficient (Wildman–Crippen LogP) is 6.08. The van der Waals surface area contributed by atoms with Crippen LogP contribution < -0.4 is 25.6 Å². The normalized spacial score (nSPS) is 18.4. The van der Waals surface area contributed by atoms with Gasteiger partial charge in [-0.05, 0) is 68.1 Å². The van der Waals surface area contributed by atoms with E-state index >= 15 is 0 Å². The summed E-state index contributed by atoms with van der Waals surface area (Å²) in [6, 6.07) is 17.9. The minimum Gasteiger partial charge on any atom is -0.465 e. The van der Waals surface area contributed by atoms with E-state index in [4.69, 9.17) is 9.84 Å². The van der Waals surface area contributed by atoms with Crippen LogP contribution in [-0.4, -0.2) is 40.2 Å². The molecule has 4 aromatic rings. The van der Waals surface area contributed by atoms with E-state index in [-0.39, 0.29) is 24.0 Å². The fraction of sp³-hybridized carbons (Fsp3) is 0.214. The Balaban J connectivity index is 1.23. The van der Waals surface area contributed by atoms with E-state index in [0.717, 1.165) is 5.75 Å². The molecule has 1 aliphatic carbocycles. The molecule has 4 N–H and O–H groups in total. The number of hydrogen-bond acceptors (Lipinski definition) is 6. The highest BCUT2D eigenvalue weighted by molar-refractivity contribution is 7.21. The van der Waals surface area contributed by atoms with E-state index in [0.29, 0.717) is 63.6 Å². The van der Waals surface area contributed by atoms with Crippen molar-refractivity contribution in [3.05, 3.63) is 71.7 Å². The quantitative estimate of drug-likeness (QED) is 0.233. The zero-order valence-electron chi connectivity index (χ0n) is 20.7. The minimum absolute atomic E-state index is 0.0680. The molecular weight excluding hydrogens is 518 g/mol. The standard InChI is InChI=1S/C28H25N5O5S/c34-25(30-16-6-8-17(9-7-16)31-28(36)37)24-23-22-21(14-15-29-26(22)39-24)33(27(35)32-23)18-10-12-20(13-11-18)38-19-4-2-1-3-5-19/h1-5,10-17,31H,6-9H2,(H,30,34)(H,32,35)(H,36,37). The first kappa shape index (κ1) is 24.7. The third-order valence-corrected chi connectivity index (χ3v) is 8.01. The lowest BCUT2D eigenvalue weighted by molar-refractivity contribution is 0.0928. The number of hydrogen-bond donors (Lipinski definition) is 4. The number of nitrogens with zero attached hydrogens (tertiary/aromatic N) is 2. The Labute approximate surface area is 227 Å². The van der Waals surface area contributed by atoms with Gasteiger partial charge in [0.15, 0.2) is 0 Å². The van der Waals surface area contributed by atoms with Gasteiger partial charge in [0.05, 0.1) is 22.4 Å². The average Bonchev–Trinajstić information content (AvgIpc) is 3.30. The second kappa shape index (κ2) is 10.3. The van der Waals surface area contributed by atoms with Gasteiger partial charge < -0.3 is 25.8 Å². The summed E-state index contributed by atoms with van der Waals surface area (Å²) in [6.45, 7) is 0. The van der Waals surface area contributed by atoms with Crippen LogP contribution in [-0.2, 0) is 0 Å². The zero-order valence-corrected chi connectivity index (χ0v) is 21.5. The number of pyridine rings is 1. The number of carbonyl (C=O) groups excluding carboxylic acids is 2. The van der Waals surface area contributed by atoms with Crippen molar-refractivity contribution in [1.29, 1.82) is 0 Å². The molecule has 0 bridgehead atoms. The van der Waals surface area contributed by atoms with E-state index in [1.54, 1.807) is 29.3 Å². The molecular formula is C28H25N5O5S. The van der Waals surface area contributed by atoms with Gasteiger partial charge in [-0.2, -0.15) is 0 Å². The molecule has 11 heteroatoms. The van der Waals surface area contributed by atoms with E-state index in [1.807, 2.05) is 42.5 Å². The molecule has 1 aliphatic heterocycles. The number of benzene rings is 2. The largest absolute Gasteiger partial charge is 0.465 e. The van der Waals surface area contributed by atoms with Crippen LogP contribution in [0.4, 0.5) is 26.7 Å². The molecule has 2 aromatic carbocycles. The van der Waals surface area contributed by atoms with Gasteiger partial charge in [0, 0.05) is 18.3 Å². The molecule has 198 valence electrons. The summed E-state index contributed by atoms with van der Waals surface area (Å²) < 4.78 is 5.87. The first-order chi connectivity index (χ1) is 19.0. The van der Waals surface area contributed by atoms with Crippen LogP contribution in [0.1, 0.15) is 35.4 Å². The van der Waals surface area contributed by atoms with Crippen LogP contribution >= 0.6 is 11.3 Å². The van der Waals surface area contributed by atoms with Crippen LogP contribution in [0.5, 0.6) is 11.5 Å². The first-order valence-electron chi connectivity index (χ1n) is 12.6. The Hall–Kier alpha value is -4.64. The fourth-order valence-electron chi connectivity index (χ4n) is 5.10. The fourth-order valence-corrected chi connectivity index (χ4v) is 6.12. The monoisotopic (exact) mass is 543 g/mol. The Kier molecular flexibility index (Phi) is 6.49. The molecule has 10 nitrogen and oxygen atoms in total. The number of ether oxygens (including phenoxy) is 1. The SMILES string of the molecule is O=C(O)NC1CCC(NC(=O)c2sc3nccc4c3c2NC(=O)N4c2ccc(Oc3ccccc3)cc2)CC1. The summed E-state index contributed by atoms with van der Waals surface area (Å²) >= 11 is 1.24. The lowest BCUT2D eigenvalue weighted by Gasteiger charge is -2.29. The van der Waals surface area contributed by atoms with Crippen molar-refractivity contribution in [2.45, 2.75) is 37.8 Å². The molecule has 3 heterocycles. The van der Waals surface area contributed by atoms with Crippen molar-refractivity contribution in [3.63, 3.8) is 0 Å². The molecule has 2 aliphatic rings. The van der Waals surface area contributed by atoms with Crippen molar-refractivity contribution >= 4 is 56.6 Å². The summed E-state index contributed by atoms with van der Waals surface area (Å²) in [5, 5.41) is 18.1. The topological polar surface area (TPSA) is 133 Å². The Morgan fingerprint density at radius 2 is 1.62 bits per heavy atom. The van der Waals surface area contributed by atoms with Gasteiger partial charge in [-0.15, -0.1) is 11.3 Å². The van der Waals surface area contributed by atoms with Crippen molar-refractivity contribution in [3.8, 4) is 11.5 Å². The van der Waals surface area contributed by atoms with Crippen LogP contribution in [0.15, 0.2) is 66.9 Å². The molecule has 1 fully saturated rings. The molecule has 0 radical (unpaired) electrons. The lowest BCUT2D eigenvalue weighted by atomic mass is 9.91. The highest BCUT2D eigenvalue weighted by Crippen LogP contribution is 2.46. The summed E-state index contributed by atoms with van der Waals surface area (Å²) in [5.74, 6) is 1.09. The van der Waals surface area contributed by atoms with Gasteiger partial charge in [-0.1, -0.05) is 18.2 Å². The number of carboxylic acid groups (broad SMARTS) is 1. The third-order valence-electron chi connectivity index (χ3n) is 6.92. The molecule has 6 rings (SSSR count). The zero-order chi connectivity index (χ0) is 26.9. The van der Waals surface area contributed by atoms with Gasteiger partial charge in [-0.25, -0.2) is 14.6 Å². The average molecular weight is 544 g/mol. The second-order valence-corrected chi connectivity index (χ2v) is 10.5. The minimum atomic E-state index is -1.03. The van der Waals surface area contributed by atoms with Gasteiger partial charge in [-0.3, -0.25) is 9.69 Å². The van der Waals surface area contributed by atoms with E-state index in [1.165, 1.54) is 11.3 Å². The molecule has 4 amide bonds.